The van der Waals surface area contributed by atoms with Crippen LogP contribution in [0.4, 0.5) is 5.69 Å². The van der Waals surface area contributed by atoms with Gasteiger partial charge in [0.25, 0.3) is 11.6 Å². The van der Waals surface area contributed by atoms with Crippen LogP contribution in [0.1, 0.15) is 10.4 Å². The van der Waals surface area contributed by atoms with Gasteiger partial charge in [-0.15, -0.1) is 0 Å². The molecule has 1 fully saturated rings. The van der Waals surface area contributed by atoms with Crippen LogP contribution in [0.5, 0.6) is 11.5 Å². The van der Waals surface area contributed by atoms with Crippen LogP contribution in [0.15, 0.2) is 48.5 Å². The number of hydrogen-bond donors (Lipinski definition) is 1. The van der Waals surface area contributed by atoms with E-state index in [9.17, 15) is 14.9 Å². The van der Waals surface area contributed by atoms with Crippen molar-refractivity contribution in [3.63, 3.8) is 0 Å². The first-order chi connectivity index (χ1) is 13.1. The molecule has 2 aromatic carbocycles. The SMILES string of the molecule is O=C(NCCN1CCOCC1)c1cc([N+](=O)[O-])ccc1Oc1ccccc1. The number of nitro groups is 1. The molecule has 0 radical (unpaired) electrons. The number of nitro benzene ring substituents is 1. The van der Waals surface area contributed by atoms with E-state index in [0.29, 0.717) is 32.1 Å². The van der Waals surface area contributed by atoms with Crippen molar-refractivity contribution in [2.75, 3.05) is 39.4 Å². The lowest BCUT2D eigenvalue weighted by Gasteiger charge is -2.26. The predicted molar refractivity (Wildman–Crippen MR) is 99.2 cm³/mol. The zero-order valence-electron chi connectivity index (χ0n) is 14.8. The number of para-hydroxylation sites is 1. The average Bonchev–Trinajstić information content (AvgIpc) is 2.69. The Morgan fingerprint density at radius 2 is 1.93 bits per heavy atom. The highest BCUT2D eigenvalue weighted by molar-refractivity contribution is 5.97. The lowest BCUT2D eigenvalue weighted by atomic mass is 10.1. The standard InChI is InChI=1S/C19H21N3O5/c23-19(20-8-9-21-10-12-26-13-11-21)17-14-15(22(24)25)6-7-18(17)27-16-4-2-1-3-5-16/h1-7,14H,8-13H2,(H,20,23). The summed E-state index contributed by atoms with van der Waals surface area (Å²) in [5.41, 5.74) is -0.0243. The minimum atomic E-state index is -0.531. The maximum absolute atomic E-state index is 12.6. The molecule has 3 rings (SSSR count). The lowest BCUT2D eigenvalue weighted by Crippen LogP contribution is -2.41. The molecule has 142 valence electrons. The van der Waals surface area contributed by atoms with Gasteiger partial charge in [0.2, 0.25) is 0 Å². The zero-order valence-corrected chi connectivity index (χ0v) is 14.8. The van der Waals surface area contributed by atoms with Crippen LogP contribution >= 0.6 is 0 Å². The molecule has 1 N–H and O–H groups in total. The molecule has 1 aliphatic heterocycles. The van der Waals surface area contributed by atoms with Gasteiger partial charge in [-0.05, 0) is 18.2 Å². The summed E-state index contributed by atoms with van der Waals surface area (Å²) in [7, 11) is 0. The summed E-state index contributed by atoms with van der Waals surface area (Å²) < 4.78 is 11.0. The van der Waals surface area contributed by atoms with Gasteiger partial charge in [0.1, 0.15) is 11.5 Å². The normalized spacial score (nSPS) is 14.5. The molecule has 0 saturated carbocycles. The fourth-order valence-corrected chi connectivity index (χ4v) is 2.76. The lowest BCUT2D eigenvalue weighted by molar-refractivity contribution is -0.384. The molecule has 2 aromatic rings. The van der Waals surface area contributed by atoms with Gasteiger partial charge in [-0.2, -0.15) is 0 Å². The second kappa shape index (κ2) is 9.11. The van der Waals surface area contributed by atoms with E-state index in [1.54, 1.807) is 12.1 Å². The minimum Gasteiger partial charge on any atom is -0.457 e. The number of hydrogen-bond acceptors (Lipinski definition) is 6. The van der Waals surface area contributed by atoms with Crippen molar-refractivity contribution in [2.24, 2.45) is 0 Å². The first-order valence-electron chi connectivity index (χ1n) is 8.73. The summed E-state index contributed by atoms with van der Waals surface area (Å²) in [5, 5.41) is 13.9. The summed E-state index contributed by atoms with van der Waals surface area (Å²) in [6, 6.07) is 13.0. The van der Waals surface area contributed by atoms with E-state index in [0.717, 1.165) is 13.1 Å². The summed E-state index contributed by atoms with van der Waals surface area (Å²) in [5.74, 6) is 0.419. The number of amides is 1. The van der Waals surface area contributed by atoms with Crippen molar-refractivity contribution >= 4 is 11.6 Å². The number of nitrogens with zero attached hydrogens (tertiary/aromatic N) is 2. The Kier molecular flexibility index (Phi) is 6.35. The zero-order chi connectivity index (χ0) is 19.1. The number of ether oxygens (including phenoxy) is 2. The Bertz CT molecular complexity index is 791. The first kappa shape index (κ1) is 18.8. The highest BCUT2D eigenvalue weighted by Gasteiger charge is 2.19. The van der Waals surface area contributed by atoms with E-state index in [4.69, 9.17) is 9.47 Å². The van der Waals surface area contributed by atoms with Crippen molar-refractivity contribution in [3.8, 4) is 11.5 Å². The highest BCUT2D eigenvalue weighted by Crippen LogP contribution is 2.28. The van der Waals surface area contributed by atoms with E-state index < -0.39 is 10.8 Å². The van der Waals surface area contributed by atoms with Gasteiger partial charge in [0, 0.05) is 38.3 Å². The third-order valence-electron chi connectivity index (χ3n) is 4.21. The van der Waals surface area contributed by atoms with Gasteiger partial charge in [0.15, 0.2) is 0 Å². The predicted octanol–water partition coefficient (Wildman–Crippen LogP) is 2.45. The molecule has 1 heterocycles. The van der Waals surface area contributed by atoms with Crippen LogP contribution in [0.3, 0.4) is 0 Å². The molecule has 1 aliphatic rings. The molecule has 0 spiro atoms. The smallest absolute Gasteiger partial charge is 0.270 e. The molecule has 1 saturated heterocycles. The molecule has 1 amide bonds. The van der Waals surface area contributed by atoms with Gasteiger partial charge >= 0.3 is 0 Å². The monoisotopic (exact) mass is 371 g/mol. The van der Waals surface area contributed by atoms with E-state index in [1.165, 1.54) is 18.2 Å². The van der Waals surface area contributed by atoms with Crippen LogP contribution in [0.2, 0.25) is 0 Å². The quantitative estimate of drug-likeness (QED) is 0.593. The maximum Gasteiger partial charge on any atom is 0.270 e. The van der Waals surface area contributed by atoms with Crippen LogP contribution in [-0.4, -0.2) is 55.1 Å². The maximum atomic E-state index is 12.6. The van der Waals surface area contributed by atoms with Crippen LogP contribution in [-0.2, 0) is 4.74 Å². The van der Waals surface area contributed by atoms with E-state index in [2.05, 4.69) is 10.2 Å². The molecule has 0 aromatic heterocycles. The van der Waals surface area contributed by atoms with E-state index in [1.807, 2.05) is 18.2 Å². The second-order valence-electron chi connectivity index (χ2n) is 6.06. The number of rotatable bonds is 7. The molecular formula is C19H21N3O5. The van der Waals surface area contributed by atoms with Crippen LogP contribution < -0.4 is 10.1 Å². The molecule has 0 bridgehead atoms. The fraction of sp³-hybridized carbons (Fsp3) is 0.316. The van der Waals surface area contributed by atoms with Gasteiger partial charge in [-0.25, -0.2) is 0 Å². The van der Waals surface area contributed by atoms with Gasteiger partial charge in [-0.1, -0.05) is 18.2 Å². The Hall–Kier alpha value is -2.97. The van der Waals surface area contributed by atoms with Gasteiger partial charge in [-0.3, -0.25) is 19.8 Å². The second-order valence-corrected chi connectivity index (χ2v) is 6.06. The van der Waals surface area contributed by atoms with Crippen molar-refractivity contribution in [1.82, 2.24) is 10.2 Å². The first-order valence-corrected chi connectivity index (χ1v) is 8.73. The molecule has 0 unspecified atom stereocenters. The van der Waals surface area contributed by atoms with Gasteiger partial charge in [0.05, 0.1) is 23.7 Å². The summed E-state index contributed by atoms with van der Waals surface area (Å²) >= 11 is 0. The number of nitrogens with one attached hydrogen (secondary N) is 1. The Morgan fingerprint density at radius 1 is 1.19 bits per heavy atom. The number of morpholine rings is 1. The summed E-state index contributed by atoms with van der Waals surface area (Å²) in [6.07, 6.45) is 0. The van der Waals surface area contributed by atoms with Crippen LogP contribution in [0.25, 0.3) is 0 Å². The molecule has 27 heavy (non-hydrogen) atoms. The van der Waals surface area contributed by atoms with Crippen molar-refractivity contribution in [1.29, 1.82) is 0 Å². The van der Waals surface area contributed by atoms with E-state index >= 15 is 0 Å². The minimum absolute atomic E-state index is 0.134. The molecule has 8 heteroatoms. The number of non-ortho nitro benzene ring substituents is 1. The molecule has 0 atom stereocenters. The van der Waals surface area contributed by atoms with E-state index in [-0.39, 0.29) is 17.0 Å². The Labute approximate surface area is 156 Å². The molecule has 0 aliphatic carbocycles. The largest absolute Gasteiger partial charge is 0.457 e. The highest BCUT2D eigenvalue weighted by atomic mass is 16.6. The number of carbonyl (C=O) groups excluding carboxylic acids is 1. The average molecular weight is 371 g/mol. The Morgan fingerprint density at radius 3 is 2.63 bits per heavy atom. The topological polar surface area (TPSA) is 93.9 Å². The van der Waals surface area contributed by atoms with Gasteiger partial charge < -0.3 is 14.8 Å². The van der Waals surface area contributed by atoms with Crippen molar-refractivity contribution < 1.29 is 19.2 Å². The van der Waals surface area contributed by atoms with Crippen LogP contribution in [0, 0.1) is 10.1 Å². The van der Waals surface area contributed by atoms with Crippen molar-refractivity contribution in [2.45, 2.75) is 0 Å². The third kappa shape index (κ3) is 5.25. The summed E-state index contributed by atoms with van der Waals surface area (Å²) in [4.78, 5) is 25.4. The third-order valence-corrected chi connectivity index (χ3v) is 4.21. The number of carbonyl (C=O) groups is 1. The Balaban J connectivity index is 1.71. The fourth-order valence-electron chi connectivity index (χ4n) is 2.76. The molecular weight excluding hydrogens is 350 g/mol. The number of benzene rings is 2. The van der Waals surface area contributed by atoms with Crippen molar-refractivity contribution in [3.05, 3.63) is 64.2 Å². The summed E-state index contributed by atoms with van der Waals surface area (Å²) in [6.45, 7) is 4.16. The molecule has 8 nitrogen and oxygen atoms in total.